The van der Waals surface area contributed by atoms with E-state index in [9.17, 15) is 5.11 Å². The summed E-state index contributed by atoms with van der Waals surface area (Å²) in [6.45, 7) is 4.00. The van der Waals surface area contributed by atoms with Gasteiger partial charge in [0.15, 0.2) is 0 Å². The zero-order valence-electron chi connectivity index (χ0n) is 11.1. The summed E-state index contributed by atoms with van der Waals surface area (Å²) >= 11 is 0. The van der Waals surface area contributed by atoms with Crippen molar-refractivity contribution in [2.24, 2.45) is 5.92 Å². The molecule has 0 radical (unpaired) electrons. The van der Waals surface area contributed by atoms with Crippen LogP contribution in [0.25, 0.3) is 0 Å². The molecule has 1 saturated heterocycles. The molecule has 0 aromatic carbocycles. The van der Waals surface area contributed by atoms with Crippen LogP contribution in [0.2, 0.25) is 0 Å². The lowest BCUT2D eigenvalue weighted by atomic mass is 9.80. The highest BCUT2D eigenvalue weighted by Gasteiger charge is 2.39. The van der Waals surface area contributed by atoms with Crippen LogP contribution in [-0.4, -0.2) is 36.5 Å². The van der Waals surface area contributed by atoms with E-state index in [1.165, 1.54) is 38.5 Å². The summed E-state index contributed by atoms with van der Waals surface area (Å²) in [4.78, 5) is 0. The zero-order chi connectivity index (χ0) is 12.1. The molecule has 0 aromatic rings. The molecule has 2 N–H and O–H groups in total. The van der Waals surface area contributed by atoms with Gasteiger partial charge in [0, 0.05) is 18.2 Å². The Labute approximate surface area is 105 Å². The third-order valence-corrected chi connectivity index (χ3v) is 4.63. The van der Waals surface area contributed by atoms with Gasteiger partial charge in [0.1, 0.15) is 0 Å². The SMILES string of the molecule is CC1COCCC1(CO)NC1CCCCCC1. The highest BCUT2D eigenvalue weighted by molar-refractivity contribution is 4.96. The quantitative estimate of drug-likeness (QED) is 0.743. The van der Waals surface area contributed by atoms with Crippen molar-refractivity contribution in [1.82, 2.24) is 5.32 Å². The van der Waals surface area contributed by atoms with Gasteiger partial charge in [-0.2, -0.15) is 0 Å². The Hall–Kier alpha value is -0.120. The van der Waals surface area contributed by atoms with E-state index in [2.05, 4.69) is 12.2 Å². The van der Waals surface area contributed by atoms with Gasteiger partial charge in [-0.1, -0.05) is 32.6 Å². The lowest BCUT2D eigenvalue weighted by molar-refractivity contribution is -0.0361. The molecule has 1 heterocycles. The Morgan fingerprint density at radius 3 is 2.53 bits per heavy atom. The molecule has 2 fully saturated rings. The number of nitrogens with one attached hydrogen (secondary N) is 1. The first kappa shape index (κ1) is 13.3. The third kappa shape index (κ3) is 3.21. The summed E-state index contributed by atoms with van der Waals surface area (Å²) in [7, 11) is 0. The molecule has 3 heteroatoms. The fraction of sp³-hybridized carbons (Fsp3) is 1.00. The van der Waals surface area contributed by atoms with Crippen LogP contribution in [0.5, 0.6) is 0 Å². The van der Waals surface area contributed by atoms with Crippen LogP contribution in [0, 0.1) is 5.92 Å². The van der Waals surface area contributed by atoms with Crippen LogP contribution in [0.15, 0.2) is 0 Å². The van der Waals surface area contributed by atoms with E-state index < -0.39 is 0 Å². The highest BCUT2D eigenvalue weighted by Crippen LogP contribution is 2.29. The molecule has 1 saturated carbocycles. The standard InChI is InChI=1S/C14H27NO2/c1-12-10-17-9-8-14(12,11-16)15-13-6-4-2-3-5-7-13/h12-13,15-16H,2-11H2,1H3. The predicted molar refractivity (Wildman–Crippen MR) is 69.0 cm³/mol. The maximum Gasteiger partial charge on any atom is 0.0617 e. The van der Waals surface area contributed by atoms with Crippen molar-refractivity contribution in [2.45, 2.75) is 63.5 Å². The van der Waals surface area contributed by atoms with Gasteiger partial charge in [-0.25, -0.2) is 0 Å². The monoisotopic (exact) mass is 241 g/mol. The summed E-state index contributed by atoms with van der Waals surface area (Å²) in [5, 5.41) is 13.6. The van der Waals surface area contributed by atoms with Gasteiger partial charge in [0.25, 0.3) is 0 Å². The van der Waals surface area contributed by atoms with Crippen molar-refractivity contribution in [1.29, 1.82) is 0 Å². The predicted octanol–water partition coefficient (Wildman–Crippen LogP) is 2.09. The van der Waals surface area contributed by atoms with E-state index in [1.807, 2.05) is 0 Å². The van der Waals surface area contributed by atoms with Gasteiger partial charge < -0.3 is 15.2 Å². The van der Waals surface area contributed by atoms with Gasteiger partial charge >= 0.3 is 0 Å². The fourth-order valence-electron chi connectivity index (χ4n) is 3.25. The first-order valence-corrected chi connectivity index (χ1v) is 7.23. The smallest absolute Gasteiger partial charge is 0.0617 e. The minimum absolute atomic E-state index is 0.0900. The molecule has 0 spiro atoms. The van der Waals surface area contributed by atoms with Gasteiger partial charge in [0.05, 0.1) is 13.2 Å². The van der Waals surface area contributed by atoms with Gasteiger partial charge in [-0.3, -0.25) is 0 Å². The minimum atomic E-state index is -0.0900. The largest absolute Gasteiger partial charge is 0.394 e. The Kier molecular flexibility index (Phi) is 4.83. The van der Waals surface area contributed by atoms with Gasteiger partial charge in [-0.15, -0.1) is 0 Å². The summed E-state index contributed by atoms with van der Waals surface area (Å²) in [6, 6.07) is 0.602. The number of rotatable bonds is 3. The first-order valence-electron chi connectivity index (χ1n) is 7.23. The lowest BCUT2D eigenvalue weighted by Crippen LogP contribution is -2.60. The maximum atomic E-state index is 9.79. The van der Waals surface area contributed by atoms with Gasteiger partial charge in [0.2, 0.25) is 0 Å². The summed E-state index contributed by atoms with van der Waals surface area (Å²) in [5.41, 5.74) is -0.0900. The van der Waals surface area contributed by atoms with Crippen molar-refractivity contribution < 1.29 is 9.84 Å². The summed E-state index contributed by atoms with van der Waals surface area (Å²) in [5.74, 6) is 0.407. The Morgan fingerprint density at radius 1 is 1.24 bits per heavy atom. The lowest BCUT2D eigenvalue weighted by Gasteiger charge is -2.44. The molecule has 17 heavy (non-hydrogen) atoms. The molecular weight excluding hydrogens is 214 g/mol. The second-order valence-corrected chi connectivity index (χ2v) is 5.87. The summed E-state index contributed by atoms with van der Waals surface area (Å²) in [6.07, 6.45) is 8.92. The van der Waals surface area contributed by atoms with Crippen LogP contribution < -0.4 is 5.32 Å². The Balaban J connectivity index is 1.96. The molecule has 2 unspecified atom stereocenters. The van der Waals surface area contributed by atoms with E-state index in [0.717, 1.165) is 19.6 Å². The average Bonchev–Trinajstić information content (AvgIpc) is 2.61. The zero-order valence-corrected chi connectivity index (χ0v) is 11.1. The molecule has 0 aromatic heterocycles. The van der Waals surface area contributed by atoms with Crippen molar-refractivity contribution in [3.05, 3.63) is 0 Å². The molecule has 2 atom stereocenters. The van der Waals surface area contributed by atoms with E-state index in [-0.39, 0.29) is 12.1 Å². The van der Waals surface area contributed by atoms with Gasteiger partial charge in [-0.05, 0) is 25.2 Å². The van der Waals surface area contributed by atoms with Crippen LogP contribution >= 0.6 is 0 Å². The van der Waals surface area contributed by atoms with E-state index in [4.69, 9.17) is 4.74 Å². The molecule has 0 bridgehead atoms. The number of hydrogen-bond donors (Lipinski definition) is 2. The van der Waals surface area contributed by atoms with Crippen molar-refractivity contribution in [2.75, 3.05) is 19.8 Å². The topological polar surface area (TPSA) is 41.5 Å². The van der Waals surface area contributed by atoms with Crippen LogP contribution in [0.4, 0.5) is 0 Å². The molecule has 1 aliphatic heterocycles. The molecule has 0 amide bonds. The molecule has 3 nitrogen and oxygen atoms in total. The second-order valence-electron chi connectivity index (χ2n) is 5.87. The average molecular weight is 241 g/mol. The molecule has 100 valence electrons. The van der Waals surface area contributed by atoms with E-state index in [0.29, 0.717) is 12.0 Å². The molecule has 2 rings (SSSR count). The summed E-state index contributed by atoms with van der Waals surface area (Å²) < 4.78 is 5.50. The van der Waals surface area contributed by atoms with Crippen molar-refractivity contribution in [3.63, 3.8) is 0 Å². The Bertz CT molecular complexity index is 226. The normalized spacial score (nSPS) is 36.7. The van der Waals surface area contributed by atoms with Crippen LogP contribution in [0.1, 0.15) is 51.9 Å². The highest BCUT2D eigenvalue weighted by atomic mass is 16.5. The maximum absolute atomic E-state index is 9.79. The van der Waals surface area contributed by atoms with Crippen LogP contribution in [0.3, 0.4) is 0 Å². The third-order valence-electron chi connectivity index (χ3n) is 4.63. The minimum Gasteiger partial charge on any atom is -0.394 e. The fourth-order valence-corrected chi connectivity index (χ4v) is 3.25. The van der Waals surface area contributed by atoms with E-state index in [1.54, 1.807) is 0 Å². The van der Waals surface area contributed by atoms with E-state index >= 15 is 0 Å². The Morgan fingerprint density at radius 2 is 1.94 bits per heavy atom. The number of ether oxygens (including phenoxy) is 1. The number of aliphatic hydroxyl groups excluding tert-OH is 1. The number of hydrogen-bond acceptors (Lipinski definition) is 3. The first-order chi connectivity index (χ1) is 8.27. The molecular formula is C14H27NO2. The molecule has 1 aliphatic carbocycles. The van der Waals surface area contributed by atoms with Crippen LogP contribution in [-0.2, 0) is 4.74 Å². The van der Waals surface area contributed by atoms with Crippen molar-refractivity contribution in [3.8, 4) is 0 Å². The molecule has 2 aliphatic rings. The number of aliphatic hydroxyl groups is 1. The second kappa shape index (κ2) is 6.17. The van der Waals surface area contributed by atoms with Crippen molar-refractivity contribution >= 4 is 0 Å².